The predicted octanol–water partition coefficient (Wildman–Crippen LogP) is 4.57. The molecule has 1 aliphatic rings. The molecule has 2 heterocycles. The first kappa shape index (κ1) is 19.4. The van der Waals surface area contributed by atoms with E-state index in [0.717, 1.165) is 24.5 Å². The van der Waals surface area contributed by atoms with Crippen LogP contribution in [0, 0.1) is 5.82 Å². The van der Waals surface area contributed by atoms with Crippen molar-refractivity contribution in [3.8, 4) is 5.75 Å². The molecule has 0 bridgehead atoms. The normalized spacial score (nSPS) is 16.1. The van der Waals surface area contributed by atoms with Gasteiger partial charge in [-0.05, 0) is 32.2 Å². The minimum atomic E-state index is -2.86. The van der Waals surface area contributed by atoms with Crippen molar-refractivity contribution in [1.29, 1.82) is 0 Å². The summed E-state index contributed by atoms with van der Waals surface area (Å²) in [6.07, 6.45) is -1.18. The molecule has 1 atom stereocenters. The summed E-state index contributed by atoms with van der Waals surface area (Å²) in [6, 6.07) is 9.00. The zero-order chi connectivity index (χ0) is 20.5. The SMILES string of the molecule is C[C@@H](Nc1cnnc2ccc(OC3CN(C)C3)cc12)c1cccc(C(F)F)c1F. The molecule has 1 N–H and O–H groups in total. The number of hydrogen-bond acceptors (Lipinski definition) is 5. The third kappa shape index (κ3) is 3.98. The molecular weight excluding hydrogens is 381 g/mol. The number of aromatic nitrogens is 2. The van der Waals surface area contributed by atoms with E-state index >= 15 is 0 Å². The fourth-order valence-corrected chi connectivity index (χ4v) is 3.52. The average Bonchev–Trinajstić information content (AvgIpc) is 2.67. The first-order chi connectivity index (χ1) is 13.9. The molecule has 1 aliphatic heterocycles. The summed E-state index contributed by atoms with van der Waals surface area (Å²) in [7, 11) is 2.03. The Morgan fingerprint density at radius 2 is 1.93 bits per heavy atom. The van der Waals surface area contributed by atoms with Crippen LogP contribution >= 0.6 is 0 Å². The maximum absolute atomic E-state index is 14.5. The summed E-state index contributed by atoms with van der Waals surface area (Å²) in [4.78, 5) is 2.16. The zero-order valence-corrected chi connectivity index (χ0v) is 16.1. The summed E-state index contributed by atoms with van der Waals surface area (Å²) in [5.74, 6) is -0.183. The van der Waals surface area contributed by atoms with Crippen LogP contribution in [0.5, 0.6) is 5.75 Å². The minimum Gasteiger partial charge on any atom is -0.488 e. The highest BCUT2D eigenvalue weighted by molar-refractivity contribution is 5.91. The van der Waals surface area contributed by atoms with Gasteiger partial charge in [0.2, 0.25) is 0 Å². The van der Waals surface area contributed by atoms with E-state index in [1.807, 2.05) is 25.2 Å². The lowest BCUT2D eigenvalue weighted by Crippen LogP contribution is -2.51. The zero-order valence-electron chi connectivity index (χ0n) is 16.1. The summed E-state index contributed by atoms with van der Waals surface area (Å²) in [5, 5.41) is 12.0. The molecule has 0 amide bonds. The van der Waals surface area contributed by atoms with E-state index in [4.69, 9.17) is 4.74 Å². The molecule has 1 fully saturated rings. The summed E-state index contributed by atoms with van der Waals surface area (Å²) >= 11 is 0. The van der Waals surface area contributed by atoms with Crippen LogP contribution in [0.25, 0.3) is 10.9 Å². The van der Waals surface area contributed by atoms with Gasteiger partial charge < -0.3 is 10.1 Å². The van der Waals surface area contributed by atoms with E-state index in [9.17, 15) is 13.2 Å². The Labute approximate surface area is 166 Å². The Hall–Kier alpha value is -2.87. The third-order valence-electron chi connectivity index (χ3n) is 5.08. The molecule has 0 saturated carbocycles. The number of halogens is 3. The van der Waals surface area contributed by atoms with Crippen molar-refractivity contribution in [2.24, 2.45) is 0 Å². The highest BCUT2D eigenvalue weighted by Gasteiger charge is 2.25. The summed E-state index contributed by atoms with van der Waals surface area (Å²) in [5.41, 5.74) is 0.843. The summed E-state index contributed by atoms with van der Waals surface area (Å²) < 4.78 is 46.5. The van der Waals surface area contributed by atoms with Gasteiger partial charge in [0, 0.05) is 24.0 Å². The van der Waals surface area contributed by atoms with Gasteiger partial charge in [0.25, 0.3) is 6.43 Å². The van der Waals surface area contributed by atoms with Gasteiger partial charge >= 0.3 is 0 Å². The lowest BCUT2D eigenvalue weighted by Gasteiger charge is -2.36. The van der Waals surface area contributed by atoms with Crippen LogP contribution in [0.1, 0.15) is 30.5 Å². The Bertz CT molecular complexity index is 1020. The maximum atomic E-state index is 14.5. The van der Waals surface area contributed by atoms with E-state index in [0.29, 0.717) is 17.0 Å². The van der Waals surface area contributed by atoms with Gasteiger partial charge in [-0.25, -0.2) is 13.2 Å². The lowest BCUT2D eigenvalue weighted by atomic mass is 10.0. The topological polar surface area (TPSA) is 50.3 Å². The number of likely N-dealkylation sites (tertiary alicyclic amines) is 1. The Kier molecular flexibility index (Phi) is 5.27. The highest BCUT2D eigenvalue weighted by Crippen LogP contribution is 2.32. The quantitative estimate of drug-likeness (QED) is 0.655. The Morgan fingerprint density at radius 1 is 1.17 bits per heavy atom. The molecular formula is C21H21F3N4O. The van der Waals surface area contributed by atoms with Crippen molar-refractivity contribution in [2.45, 2.75) is 25.5 Å². The van der Waals surface area contributed by atoms with Crippen molar-refractivity contribution < 1.29 is 17.9 Å². The van der Waals surface area contributed by atoms with Crippen LogP contribution in [0.3, 0.4) is 0 Å². The number of hydrogen-bond donors (Lipinski definition) is 1. The van der Waals surface area contributed by atoms with E-state index in [1.165, 1.54) is 18.3 Å². The molecule has 8 heteroatoms. The van der Waals surface area contributed by atoms with Crippen molar-refractivity contribution in [1.82, 2.24) is 15.1 Å². The smallest absolute Gasteiger partial charge is 0.266 e. The second-order valence-electron chi connectivity index (χ2n) is 7.32. The molecule has 1 saturated heterocycles. The van der Waals surface area contributed by atoms with Gasteiger partial charge in [0.1, 0.15) is 17.7 Å². The van der Waals surface area contributed by atoms with E-state index < -0.39 is 23.8 Å². The largest absolute Gasteiger partial charge is 0.488 e. The number of benzene rings is 2. The van der Waals surface area contributed by atoms with Crippen LogP contribution in [0.4, 0.5) is 18.9 Å². The maximum Gasteiger partial charge on any atom is 0.266 e. The molecule has 0 aliphatic carbocycles. The third-order valence-corrected chi connectivity index (χ3v) is 5.08. The Balaban J connectivity index is 1.61. The first-order valence-corrected chi connectivity index (χ1v) is 9.36. The van der Waals surface area contributed by atoms with E-state index in [1.54, 1.807) is 6.92 Å². The van der Waals surface area contributed by atoms with Gasteiger partial charge in [-0.15, -0.1) is 0 Å². The van der Waals surface area contributed by atoms with Crippen LogP contribution in [-0.4, -0.2) is 41.3 Å². The molecule has 0 spiro atoms. The molecule has 0 radical (unpaired) electrons. The molecule has 3 aromatic rings. The number of ether oxygens (including phenoxy) is 1. The number of likely N-dealkylation sites (N-methyl/N-ethyl adjacent to an activating group) is 1. The molecule has 4 rings (SSSR count). The standard InChI is InChI=1S/C21H21F3N4O/c1-12(15-4-3-5-16(20(15)22)21(23)24)26-19-9-25-27-18-7-6-13(8-17(18)19)29-14-10-28(2)11-14/h3-9,12,14,21H,10-11H2,1-2H3,(H,26,27)/t12-/m1/s1. The van der Waals surface area contributed by atoms with Gasteiger partial charge in [-0.3, -0.25) is 4.90 Å². The van der Waals surface area contributed by atoms with Crippen LogP contribution in [0.2, 0.25) is 0 Å². The van der Waals surface area contributed by atoms with Crippen LogP contribution in [-0.2, 0) is 0 Å². The number of alkyl halides is 2. The van der Waals surface area contributed by atoms with Crippen molar-refractivity contribution in [3.63, 3.8) is 0 Å². The molecule has 0 unspecified atom stereocenters. The molecule has 1 aromatic heterocycles. The number of nitrogens with one attached hydrogen (secondary N) is 1. The number of rotatable bonds is 6. The van der Waals surface area contributed by atoms with Gasteiger partial charge in [-0.1, -0.05) is 18.2 Å². The number of fused-ring (bicyclic) bond motifs is 1. The van der Waals surface area contributed by atoms with Gasteiger partial charge in [0.05, 0.1) is 29.0 Å². The fraction of sp³-hybridized carbons (Fsp3) is 0.333. The molecule has 152 valence electrons. The fourth-order valence-electron chi connectivity index (χ4n) is 3.52. The summed E-state index contributed by atoms with van der Waals surface area (Å²) in [6.45, 7) is 3.45. The first-order valence-electron chi connectivity index (χ1n) is 9.36. The van der Waals surface area contributed by atoms with Crippen molar-refractivity contribution in [3.05, 3.63) is 59.5 Å². The van der Waals surface area contributed by atoms with Crippen molar-refractivity contribution >= 4 is 16.6 Å². The van der Waals surface area contributed by atoms with E-state index in [2.05, 4.69) is 20.4 Å². The van der Waals surface area contributed by atoms with Crippen molar-refractivity contribution in [2.75, 3.05) is 25.5 Å². The molecule has 29 heavy (non-hydrogen) atoms. The van der Waals surface area contributed by atoms with Crippen LogP contribution < -0.4 is 10.1 Å². The van der Waals surface area contributed by atoms with Gasteiger partial charge in [-0.2, -0.15) is 10.2 Å². The number of anilines is 1. The lowest BCUT2D eigenvalue weighted by molar-refractivity contribution is 0.0389. The average molecular weight is 402 g/mol. The molecule has 5 nitrogen and oxygen atoms in total. The highest BCUT2D eigenvalue weighted by atomic mass is 19.3. The van der Waals surface area contributed by atoms with Gasteiger partial charge in [0.15, 0.2) is 0 Å². The number of nitrogens with zero attached hydrogens (tertiary/aromatic N) is 3. The molecule has 2 aromatic carbocycles. The van der Waals surface area contributed by atoms with Crippen LogP contribution in [0.15, 0.2) is 42.6 Å². The second-order valence-corrected chi connectivity index (χ2v) is 7.32. The Morgan fingerprint density at radius 3 is 2.66 bits per heavy atom. The minimum absolute atomic E-state index is 0.147. The predicted molar refractivity (Wildman–Crippen MR) is 105 cm³/mol. The van der Waals surface area contributed by atoms with E-state index in [-0.39, 0.29) is 11.7 Å². The monoisotopic (exact) mass is 402 g/mol. The second kappa shape index (κ2) is 7.87.